The van der Waals surface area contributed by atoms with E-state index >= 15 is 0 Å². The number of thiophene rings is 1. The summed E-state index contributed by atoms with van der Waals surface area (Å²) in [7, 11) is 0. The molecule has 3 aromatic heterocycles. The largest absolute Gasteiger partial charge is 0.355 e. The van der Waals surface area contributed by atoms with Crippen molar-refractivity contribution < 1.29 is 4.52 Å². The number of hydrogen-bond acceptors (Lipinski definition) is 6. The van der Waals surface area contributed by atoms with Crippen molar-refractivity contribution in [1.29, 1.82) is 0 Å². The lowest BCUT2D eigenvalue weighted by atomic mass is 9.99. The summed E-state index contributed by atoms with van der Waals surface area (Å²) >= 11 is 1.66. The Labute approximate surface area is 144 Å². The molecule has 24 heavy (non-hydrogen) atoms. The lowest BCUT2D eigenvalue weighted by Crippen LogP contribution is -2.30. The maximum absolute atomic E-state index is 5.42. The monoisotopic (exact) mass is 343 g/mol. The van der Waals surface area contributed by atoms with Crippen LogP contribution < -0.4 is 5.32 Å². The summed E-state index contributed by atoms with van der Waals surface area (Å²) in [5.74, 6) is 3.70. The minimum absolute atomic E-state index is 0.613. The van der Waals surface area contributed by atoms with Crippen molar-refractivity contribution in [3.05, 3.63) is 40.9 Å². The Morgan fingerprint density at radius 1 is 1.42 bits per heavy atom. The first-order valence-electron chi connectivity index (χ1n) is 8.44. The van der Waals surface area contributed by atoms with E-state index in [0.29, 0.717) is 5.92 Å². The van der Waals surface area contributed by atoms with E-state index in [1.165, 1.54) is 0 Å². The van der Waals surface area contributed by atoms with Gasteiger partial charge >= 0.3 is 0 Å². The second-order valence-electron chi connectivity index (χ2n) is 6.19. The van der Waals surface area contributed by atoms with Crippen LogP contribution in [0.15, 0.2) is 28.1 Å². The Kier molecular flexibility index (Phi) is 4.44. The Morgan fingerprint density at radius 2 is 2.38 bits per heavy atom. The number of hydrogen-bond donors (Lipinski definition) is 1. The van der Waals surface area contributed by atoms with Gasteiger partial charge in [-0.3, -0.25) is 0 Å². The molecule has 7 heteroatoms. The molecule has 4 heterocycles. The van der Waals surface area contributed by atoms with Gasteiger partial charge < -0.3 is 14.4 Å². The Hall–Kier alpha value is -1.99. The number of nitrogens with one attached hydrogen (secondary N) is 1. The lowest BCUT2D eigenvalue weighted by molar-refractivity contribution is 0.340. The van der Waals surface area contributed by atoms with E-state index in [1.54, 1.807) is 11.3 Å². The first kappa shape index (κ1) is 15.5. The van der Waals surface area contributed by atoms with E-state index in [2.05, 4.69) is 32.2 Å². The van der Waals surface area contributed by atoms with Crippen molar-refractivity contribution in [3.63, 3.8) is 0 Å². The second kappa shape index (κ2) is 6.86. The van der Waals surface area contributed by atoms with Crippen LogP contribution in [-0.4, -0.2) is 26.5 Å². The van der Waals surface area contributed by atoms with Gasteiger partial charge in [0.05, 0.1) is 10.6 Å². The molecule has 0 saturated heterocycles. The number of aromatic nitrogens is 4. The zero-order valence-corrected chi connectivity index (χ0v) is 14.6. The fourth-order valence-corrected chi connectivity index (χ4v) is 3.89. The van der Waals surface area contributed by atoms with Crippen molar-refractivity contribution in [2.45, 2.75) is 39.3 Å². The number of aryl methyl sites for hydroxylation is 2. The van der Waals surface area contributed by atoms with Crippen LogP contribution >= 0.6 is 11.3 Å². The van der Waals surface area contributed by atoms with Gasteiger partial charge in [0.25, 0.3) is 0 Å². The van der Waals surface area contributed by atoms with Crippen molar-refractivity contribution in [1.82, 2.24) is 25.2 Å². The zero-order valence-electron chi connectivity index (χ0n) is 13.7. The van der Waals surface area contributed by atoms with Crippen molar-refractivity contribution in [2.75, 3.05) is 6.54 Å². The molecule has 4 rings (SSSR count). The molecule has 1 N–H and O–H groups in total. The van der Waals surface area contributed by atoms with Crippen molar-refractivity contribution in [2.24, 2.45) is 5.92 Å². The van der Waals surface area contributed by atoms with Crippen LogP contribution in [0.2, 0.25) is 0 Å². The molecule has 3 aromatic rings. The molecule has 0 fully saturated rings. The highest BCUT2D eigenvalue weighted by molar-refractivity contribution is 7.13. The zero-order chi connectivity index (χ0) is 16.4. The second-order valence-corrected chi connectivity index (χ2v) is 7.14. The summed E-state index contributed by atoms with van der Waals surface area (Å²) in [6.07, 6.45) is 3.12. The molecule has 1 aliphatic heterocycles. The van der Waals surface area contributed by atoms with E-state index < -0.39 is 0 Å². The first-order chi connectivity index (χ1) is 11.8. The molecular weight excluding hydrogens is 322 g/mol. The summed E-state index contributed by atoms with van der Waals surface area (Å²) in [5.41, 5.74) is 0.952. The van der Waals surface area contributed by atoms with Gasteiger partial charge in [0.2, 0.25) is 0 Å². The third-order valence-corrected chi connectivity index (χ3v) is 5.38. The summed E-state index contributed by atoms with van der Waals surface area (Å²) in [5, 5.41) is 18.3. The predicted octanol–water partition coefficient (Wildman–Crippen LogP) is 2.91. The minimum Gasteiger partial charge on any atom is -0.355 e. The highest BCUT2D eigenvalue weighted by atomic mass is 32.1. The van der Waals surface area contributed by atoms with Gasteiger partial charge in [0, 0.05) is 38.5 Å². The van der Waals surface area contributed by atoms with Crippen LogP contribution in [0.5, 0.6) is 0 Å². The molecule has 1 atom stereocenters. The average Bonchev–Trinajstić information content (AvgIpc) is 3.34. The topological polar surface area (TPSA) is 68.8 Å². The molecular formula is C17H21N5OS. The SMILES string of the molecule is CCc1nnc2n1C[C@H](CNCc1cc(-c3cccs3)on1)CC2. The highest BCUT2D eigenvalue weighted by Crippen LogP contribution is 2.25. The maximum atomic E-state index is 5.42. The summed E-state index contributed by atoms with van der Waals surface area (Å²) < 4.78 is 7.71. The molecule has 0 bridgehead atoms. The third kappa shape index (κ3) is 3.14. The van der Waals surface area contributed by atoms with Gasteiger partial charge in [-0.25, -0.2) is 0 Å². The first-order valence-corrected chi connectivity index (χ1v) is 9.32. The minimum atomic E-state index is 0.613. The fraction of sp³-hybridized carbons (Fsp3) is 0.471. The van der Waals surface area contributed by atoms with E-state index in [-0.39, 0.29) is 0 Å². The van der Waals surface area contributed by atoms with Gasteiger partial charge in [0.1, 0.15) is 11.6 Å². The quantitative estimate of drug-likeness (QED) is 0.745. The van der Waals surface area contributed by atoms with Crippen molar-refractivity contribution in [3.8, 4) is 10.6 Å². The van der Waals surface area contributed by atoms with E-state index in [9.17, 15) is 0 Å². The van der Waals surface area contributed by atoms with Crippen LogP contribution in [0.25, 0.3) is 10.6 Å². The molecule has 126 valence electrons. The van der Waals surface area contributed by atoms with Crippen LogP contribution in [0.3, 0.4) is 0 Å². The molecule has 0 aromatic carbocycles. The predicted molar refractivity (Wildman–Crippen MR) is 92.7 cm³/mol. The van der Waals surface area contributed by atoms with E-state index in [0.717, 1.165) is 66.9 Å². The lowest BCUT2D eigenvalue weighted by Gasteiger charge is -2.24. The van der Waals surface area contributed by atoms with Gasteiger partial charge in [-0.15, -0.1) is 21.5 Å². The van der Waals surface area contributed by atoms with Crippen molar-refractivity contribution >= 4 is 11.3 Å². The van der Waals surface area contributed by atoms with Gasteiger partial charge in [-0.1, -0.05) is 18.1 Å². The Balaban J connectivity index is 1.30. The maximum Gasteiger partial charge on any atom is 0.177 e. The van der Waals surface area contributed by atoms with E-state index in [4.69, 9.17) is 4.52 Å². The standard InChI is InChI=1S/C17H21N5OS/c1-2-16-19-20-17-6-5-12(11-22(16)17)9-18-10-13-8-14(23-21-13)15-4-3-7-24-15/h3-4,7-8,12,18H,2,5-6,9-11H2,1H3/t12-/m0/s1. The molecule has 0 saturated carbocycles. The van der Waals surface area contributed by atoms with Crippen LogP contribution in [0, 0.1) is 5.92 Å². The Morgan fingerprint density at radius 3 is 3.21 bits per heavy atom. The molecule has 0 spiro atoms. The summed E-state index contributed by atoms with van der Waals surface area (Å²) in [6, 6.07) is 6.09. The average molecular weight is 343 g/mol. The summed E-state index contributed by atoms with van der Waals surface area (Å²) in [6.45, 7) is 4.86. The molecule has 0 unspecified atom stereocenters. The van der Waals surface area contributed by atoms with E-state index in [1.807, 2.05) is 23.6 Å². The van der Waals surface area contributed by atoms with Gasteiger partial charge in [-0.2, -0.15) is 0 Å². The third-order valence-electron chi connectivity index (χ3n) is 4.50. The molecule has 0 aliphatic carbocycles. The number of nitrogens with zero attached hydrogens (tertiary/aromatic N) is 4. The van der Waals surface area contributed by atoms with Gasteiger partial charge in [0.15, 0.2) is 5.76 Å². The molecule has 0 radical (unpaired) electrons. The van der Waals surface area contributed by atoms with Crippen LogP contribution in [-0.2, 0) is 25.9 Å². The Bertz CT molecular complexity index is 778. The normalized spacial score (nSPS) is 17.1. The van der Waals surface area contributed by atoms with Crippen LogP contribution in [0.4, 0.5) is 0 Å². The molecule has 0 amide bonds. The number of fused-ring (bicyclic) bond motifs is 1. The highest BCUT2D eigenvalue weighted by Gasteiger charge is 2.22. The van der Waals surface area contributed by atoms with Gasteiger partial charge in [-0.05, 0) is 23.8 Å². The summed E-state index contributed by atoms with van der Waals surface area (Å²) in [4.78, 5) is 1.12. The molecule has 6 nitrogen and oxygen atoms in total. The smallest absolute Gasteiger partial charge is 0.177 e. The fourth-order valence-electron chi connectivity index (χ4n) is 3.21. The molecule has 1 aliphatic rings. The number of rotatable bonds is 6. The van der Waals surface area contributed by atoms with Crippen LogP contribution in [0.1, 0.15) is 30.7 Å².